The molecule has 2 heterocycles. The first-order chi connectivity index (χ1) is 13.5. The van der Waals surface area contributed by atoms with E-state index in [1.54, 1.807) is 19.4 Å². The smallest absolute Gasteiger partial charge is 0.254 e. The number of nitrogens with zero attached hydrogens (tertiary/aromatic N) is 2. The highest BCUT2D eigenvalue weighted by Crippen LogP contribution is 2.26. The number of amides is 1. The van der Waals surface area contributed by atoms with Gasteiger partial charge in [0.1, 0.15) is 11.6 Å². The first-order valence-electron chi connectivity index (χ1n) is 9.25. The molecule has 0 radical (unpaired) electrons. The zero-order chi connectivity index (χ0) is 20.1. The molecule has 0 saturated carbocycles. The van der Waals surface area contributed by atoms with Crippen molar-refractivity contribution in [3.63, 3.8) is 0 Å². The highest BCUT2D eigenvalue weighted by Gasteiger charge is 2.13. The van der Waals surface area contributed by atoms with Crippen LogP contribution in [0.4, 0.5) is 23.0 Å². The minimum atomic E-state index is -0.199. The van der Waals surface area contributed by atoms with E-state index in [1.165, 1.54) is 5.56 Å². The van der Waals surface area contributed by atoms with Gasteiger partial charge in [-0.2, -0.15) is 0 Å². The van der Waals surface area contributed by atoms with Gasteiger partial charge in [0.2, 0.25) is 0 Å². The van der Waals surface area contributed by atoms with Gasteiger partial charge in [0, 0.05) is 31.2 Å². The zero-order valence-electron chi connectivity index (χ0n) is 16.6. The summed E-state index contributed by atoms with van der Waals surface area (Å²) in [5, 5.41) is 9.19. The van der Waals surface area contributed by atoms with Crippen LogP contribution in [-0.4, -0.2) is 22.9 Å². The maximum Gasteiger partial charge on any atom is 0.254 e. The van der Waals surface area contributed by atoms with Crippen LogP contribution in [0.25, 0.3) is 0 Å². The lowest BCUT2D eigenvalue weighted by Gasteiger charge is -2.15. The summed E-state index contributed by atoms with van der Waals surface area (Å²) in [6, 6.07) is 13.9. The third kappa shape index (κ3) is 4.65. The Kier molecular flexibility index (Phi) is 5.89. The molecule has 0 aliphatic rings. The molecule has 1 amide bonds. The molecule has 0 spiro atoms. The van der Waals surface area contributed by atoms with E-state index in [4.69, 9.17) is 0 Å². The number of benzene rings is 1. The Bertz CT molecular complexity index is 967. The Morgan fingerprint density at radius 3 is 2.43 bits per heavy atom. The molecule has 3 aromatic rings. The van der Waals surface area contributed by atoms with Crippen LogP contribution in [0.1, 0.15) is 41.3 Å². The van der Waals surface area contributed by atoms with Crippen LogP contribution in [0.15, 0.2) is 54.9 Å². The van der Waals surface area contributed by atoms with Gasteiger partial charge < -0.3 is 16.0 Å². The Balaban J connectivity index is 1.93. The minimum absolute atomic E-state index is 0.199. The van der Waals surface area contributed by atoms with E-state index >= 15 is 0 Å². The van der Waals surface area contributed by atoms with Crippen molar-refractivity contribution in [1.29, 1.82) is 0 Å². The van der Waals surface area contributed by atoms with Gasteiger partial charge in [0.25, 0.3) is 5.91 Å². The summed E-state index contributed by atoms with van der Waals surface area (Å²) in [6.07, 6.45) is 3.35. The van der Waals surface area contributed by atoms with Gasteiger partial charge in [-0.3, -0.25) is 4.79 Å². The predicted octanol–water partition coefficient (Wildman–Crippen LogP) is 4.76. The highest BCUT2D eigenvalue weighted by molar-refractivity contribution is 6.00. The molecule has 3 rings (SSSR count). The van der Waals surface area contributed by atoms with Crippen molar-refractivity contribution in [2.24, 2.45) is 0 Å². The molecule has 0 bridgehead atoms. The number of nitrogens with one attached hydrogen (secondary N) is 3. The van der Waals surface area contributed by atoms with Crippen molar-refractivity contribution in [1.82, 2.24) is 15.3 Å². The van der Waals surface area contributed by atoms with E-state index in [2.05, 4.69) is 51.9 Å². The van der Waals surface area contributed by atoms with Crippen LogP contribution in [0.2, 0.25) is 0 Å². The Morgan fingerprint density at radius 2 is 1.75 bits per heavy atom. The second-order valence-corrected chi connectivity index (χ2v) is 6.95. The largest absolute Gasteiger partial charge is 0.355 e. The van der Waals surface area contributed by atoms with E-state index in [0.29, 0.717) is 28.8 Å². The highest BCUT2D eigenvalue weighted by atomic mass is 16.1. The monoisotopic (exact) mass is 375 g/mol. The fourth-order valence-electron chi connectivity index (χ4n) is 2.75. The predicted molar refractivity (Wildman–Crippen MR) is 114 cm³/mol. The van der Waals surface area contributed by atoms with E-state index in [1.807, 2.05) is 37.3 Å². The Morgan fingerprint density at radius 1 is 0.964 bits per heavy atom. The number of pyridine rings is 2. The summed E-state index contributed by atoms with van der Waals surface area (Å²) >= 11 is 0. The molecule has 0 fully saturated rings. The minimum Gasteiger partial charge on any atom is -0.355 e. The van der Waals surface area contributed by atoms with E-state index < -0.39 is 0 Å². The second kappa shape index (κ2) is 8.52. The molecule has 6 heteroatoms. The molecular formula is C22H25N5O. The lowest BCUT2D eigenvalue weighted by molar-refractivity contribution is 0.0963. The molecule has 0 aliphatic heterocycles. The Labute approximate surface area is 165 Å². The molecular weight excluding hydrogens is 350 g/mol. The summed E-state index contributed by atoms with van der Waals surface area (Å²) in [4.78, 5) is 21.0. The number of aryl methyl sites for hydroxylation is 1. The lowest BCUT2D eigenvalue weighted by atomic mass is 10.0. The molecule has 6 nitrogen and oxygen atoms in total. The van der Waals surface area contributed by atoms with Crippen LogP contribution >= 0.6 is 0 Å². The second-order valence-electron chi connectivity index (χ2n) is 6.95. The maximum atomic E-state index is 12.3. The van der Waals surface area contributed by atoms with Crippen molar-refractivity contribution >= 4 is 28.9 Å². The van der Waals surface area contributed by atoms with Gasteiger partial charge in [-0.15, -0.1) is 0 Å². The van der Waals surface area contributed by atoms with E-state index in [0.717, 1.165) is 11.3 Å². The summed E-state index contributed by atoms with van der Waals surface area (Å²) in [6.45, 7) is 6.29. The number of aromatic nitrogens is 2. The fraction of sp³-hybridized carbons (Fsp3) is 0.227. The van der Waals surface area contributed by atoms with Crippen LogP contribution in [0.3, 0.4) is 0 Å². The standard InChI is InChI=1S/C22H25N5O/c1-14(2)16-6-5-7-17(10-16)26-19-11-21(25-13-18(19)22(28)23-4)27-20-9-8-15(3)12-24-20/h5-14H,1-4H3,(H,23,28)(H2,24,25,26,27). The fourth-order valence-corrected chi connectivity index (χ4v) is 2.75. The van der Waals surface area contributed by atoms with Gasteiger partial charge >= 0.3 is 0 Å². The molecule has 0 saturated heterocycles. The van der Waals surface area contributed by atoms with Gasteiger partial charge in [0.15, 0.2) is 0 Å². The molecule has 144 valence electrons. The molecule has 0 unspecified atom stereocenters. The van der Waals surface area contributed by atoms with Crippen LogP contribution in [0, 0.1) is 6.92 Å². The summed E-state index contributed by atoms with van der Waals surface area (Å²) in [7, 11) is 1.61. The first-order valence-corrected chi connectivity index (χ1v) is 9.25. The van der Waals surface area contributed by atoms with Gasteiger partial charge in [0.05, 0.1) is 11.3 Å². The maximum absolute atomic E-state index is 12.3. The van der Waals surface area contributed by atoms with Crippen molar-refractivity contribution in [2.45, 2.75) is 26.7 Å². The van der Waals surface area contributed by atoms with Crippen LogP contribution in [0.5, 0.6) is 0 Å². The summed E-state index contributed by atoms with van der Waals surface area (Å²) < 4.78 is 0. The van der Waals surface area contributed by atoms with Crippen molar-refractivity contribution < 1.29 is 4.79 Å². The quantitative estimate of drug-likeness (QED) is 0.579. The number of hydrogen-bond donors (Lipinski definition) is 3. The molecule has 0 atom stereocenters. The Hall–Kier alpha value is -3.41. The zero-order valence-corrected chi connectivity index (χ0v) is 16.6. The van der Waals surface area contributed by atoms with Crippen LogP contribution < -0.4 is 16.0 Å². The van der Waals surface area contributed by atoms with Gasteiger partial charge in [-0.1, -0.05) is 32.0 Å². The molecule has 3 N–H and O–H groups in total. The molecule has 28 heavy (non-hydrogen) atoms. The molecule has 2 aromatic heterocycles. The lowest BCUT2D eigenvalue weighted by Crippen LogP contribution is -2.19. The third-order valence-corrected chi connectivity index (χ3v) is 4.38. The van der Waals surface area contributed by atoms with Crippen LogP contribution in [-0.2, 0) is 0 Å². The number of carbonyl (C=O) groups excluding carboxylic acids is 1. The van der Waals surface area contributed by atoms with Gasteiger partial charge in [-0.05, 0) is 42.2 Å². The summed E-state index contributed by atoms with van der Waals surface area (Å²) in [5.41, 5.74) is 4.37. The number of rotatable bonds is 6. The number of anilines is 4. The van der Waals surface area contributed by atoms with Gasteiger partial charge in [-0.25, -0.2) is 9.97 Å². The van der Waals surface area contributed by atoms with Crippen molar-refractivity contribution in [3.05, 3.63) is 71.5 Å². The topological polar surface area (TPSA) is 78.9 Å². The number of carbonyl (C=O) groups is 1. The van der Waals surface area contributed by atoms with E-state index in [9.17, 15) is 4.79 Å². The van der Waals surface area contributed by atoms with E-state index in [-0.39, 0.29) is 5.91 Å². The SMILES string of the molecule is CNC(=O)c1cnc(Nc2ccc(C)cn2)cc1Nc1cccc(C(C)C)c1. The average molecular weight is 375 g/mol. The average Bonchev–Trinajstić information content (AvgIpc) is 2.69. The molecule has 1 aromatic carbocycles. The molecule has 0 aliphatic carbocycles. The van der Waals surface area contributed by atoms with Crippen molar-refractivity contribution in [3.8, 4) is 0 Å². The normalized spacial score (nSPS) is 10.6. The summed E-state index contributed by atoms with van der Waals surface area (Å²) in [5.74, 6) is 1.52. The van der Waals surface area contributed by atoms with Crippen molar-refractivity contribution in [2.75, 3.05) is 17.7 Å². The number of hydrogen-bond acceptors (Lipinski definition) is 5. The third-order valence-electron chi connectivity index (χ3n) is 4.38. The first kappa shape index (κ1) is 19.4.